The summed E-state index contributed by atoms with van der Waals surface area (Å²) in [6, 6.07) is 0. The Labute approximate surface area is 121 Å². The zero-order valence-corrected chi connectivity index (χ0v) is 12.6. The van der Waals surface area contributed by atoms with Gasteiger partial charge in [-0.1, -0.05) is 12.8 Å². The van der Waals surface area contributed by atoms with Gasteiger partial charge in [-0.05, 0) is 37.2 Å². The molecule has 0 aliphatic heterocycles. The van der Waals surface area contributed by atoms with Gasteiger partial charge in [-0.25, -0.2) is 4.98 Å². The molecule has 102 valence electrons. The summed E-state index contributed by atoms with van der Waals surface area (Å²) in [6.45, 7) is 3.00. The molecule has 0 saturated heterocycles. The van der Waals surface area contributed by atoms with Crippen molar-refractivity contribution in [2.24, 2.45) is 5.92 Å². The first-order chi connectivity index (χ1) is 9.24. The standard InChI is InChI=1S/C13H18N4S2/c1-8-16-10(7-18-8)11-12(14)17-19-13(11)15-6-2-3-9-4-5-9/h7,9,15H,2-6H2,1H3,(H2,14,17). The van der Waals surface area contributed by atoms with E-state index in [-0.39, 0.29) is 0 Å². The number of nitrogens with one attached hydrogen (secondary N) is 1. The minimum Gasteiger partial charge on any atom is -0.382 e. The van der Waals surface area contributed by atoms with Gasteiger partial charge in [-0.15, -0.1) is 11.3 Å². The molecule has 6 heteroatoms. The molecule has 0 bridgehead atoms. The molecule has 1 saturated carbocycles. The Hall–Kier alpha value is -1.14. The fourth-order valence-electron chi connectivity index (χ4n) is 2.15. The molecule has 0 unspecified atom stereocenters. The van der Waals surface area contributed by atoms with Crippen LogP contribution in [0.15, 0.2) is 5.38 Å². The number of anilines is 2. The van der Waals surface area contributed by atoms with E-state index in [0.29, 0.717) is 5.82 Å². The van der Waals surface area contributed by atoms with Gasteiger partial charge in [-0.3, -0.25) is 0 Å². The van der Waals surface area contributed by atoms with Crippen molar-refractivity contribution >= 4 is 33.7 Å². The Morgan fingerprint density at radius 3 is 3.00 bits per heavy atom. The van der Waals surface area contributed by atoms with Crippen LogP contribution in [0.2, 0.25) is 0 Å². The van der Waals surface area contributed by atoms with E-state index in [1.807, 2.05) is 12.3 Å². The van der Waals surface area contributed by atoms with Crippen LogP contribution < -0.4 is 11.1 Å². The van der Waals surface area contributed by atoms with Gasteiger partial charge in [0.1, 0.15) is 10.8 Å². The highest BCUT2D eigenvalue weighted by Crippen LogP contribution is 2.37. The fourth-order valence-corrected chi connectivity index (χ4v) is 3.50. The topological polar surface area (TPSA) is 63.8 Å². The largest absolute Gasteiger partial charge is 0.382 e. The number of thiazole rings is 1. The van der Waals surface area contributed by atoms with Gasteiger partial charge in [0.25, 0.3) is 0 Å². The van der Waals surface area contributed by atoms with Crippen molar-refractivity contribution in [1.29, 1.82) is 0 Å². The van der Waals surface area contributed by atoms with E-state index < -0.39 is 0 Å². The normalized spacial score (nSPS) is 14.8. The molecule has 2 aromatic heterocycles. The predicted octanol–water partition coefficient (Wildman–Crippen LogP) is 3.76. The summed E-state index contributed by atoms with van der Waals surface area (Å²) < 4.78 is 4.25. The van der Waals surface area contributed by atoms with Crippen molar-refractivity contribution in [2.75, 3.05) is 17.6 Å². The third kappa shape index (κ3) is 3.06. The van der Waals surface area contributed by atoms with Gasteiger partial charge in [0, 0.05) is 11.9 Å². The molecule has 1 fully saturated rings. The van der Waals surface area contributed by atoms with Crippen LogP contribution in [0.25, 0.3) is 11.3 Å². The van der Waals surface area contributed by atoms with E-state index in [4.69, 9.17) is 5.73 Å². The average molecular weight is 294 g/mol. The van der Waals surface area contributed by atoms with Gasteiger partial charge in [0.2, 0.25) is 0 Å². The summed E-state index contributed by atoms with van der Waals surface area (Å²) in [6.07, 6.45) is 5.41. The molecule has 0 radical (unpaired) electrons. The quantitative estimate of drug-likeness (QED) is 0.796. The minimum atomic E-state index is 0.583. The maximum Gasteiger partial charge on any atom is 0.148 e. The van der Waals surface area contributed by atoms with E-state index in [1.54, 1.807) is 11.3 Å². The third-order valence-corrected chi connectivity index (χ3v) is 4.96. The maximum absolute atomic E-state index is 5.97. The molecule has 19 heavy (non-hydrogen) atoms. The van der Waals surface area contributed by atoms with Crippen LogP contribution in [-0.4, -0.2) is 15.9 Å². The molecule has 2 aromatic rings. The molecule has 0 aromatic carbocycles. The van der Waals surface area contributed by atoms with Crippen LogP contribution in [0.4, 0.5) is 10.8 Å². The SMILES string of the molecule is Cc1nc(-c2c(N)nsc2NCCCC2CC2)cs1. The second kappa shape index (κ2) is 5.46. The summed E-state index contributed by atoms with van der Waals surface area (Å²) in [5, 5.41) is 7.62. The molecule has 0 amide bonds. The number of rotatable bonds is 6. The molecule has 3 N–H and O–H groups in total. The highest BCUT2D eigenvalue weighted by Gasteiger charge is 2.20. The molecule has 0 spiro atoms. The fraction of sp³-hybridized carbons (Fsp3) is 0.538. The van der Waals surface area contributed by atoms with E-state index >= 15 is 0 Å². The molecule has 1 aliphatic rings. The lowest BCUT2D eigenvalue weighted by Crippen LogP contribution is -2.01. The van der Waals surface area contributed by atoms with Gasteiger partial charge in [0.05, 0.1) is 16.3 Å². The molecule has 3 rings (SSSR count). The average Bonchev–Trinajstić information content (AvgIpc) is 3.01. The van der Waals surface area contributed by atoms with Crippen molar-refractivity contribution in [2.45, 2.75) is 32.6 Å². The second-order valence-electron chi connectivity index (χ2n) is 5.04. The zero-order chi connectivity index (χ0) is 13.2. The third-order valence-electron chi connectivity index (χ3n) is 3.37. The number of nitrogens with zero attached hydrogens (tertiary/aromatic N) is 2. The van der Waals surface area contributed by atoms with Gasteiger partial charge in [0.15, 0.2) is 0 Å². The van der Waals surface area contributed by atoms with Crippen LogP contribution in [0, 0.1) is 12.8 Å². The first-order valence-corrected chi connectivity index (χ1v) is 8.31. The van der Waals surface area contributed by atoms with Gasteiger partial charge in [-0.2, -0.15) is 4.37 Å². The van der Waals surface area contributed by atoms with Crippen LogP contribution in [0.5, 0.6) is 0 Å². The maximum atomic E-state index is 5.97. The Bertz CT molecular complexity index is 557. The van der Waals surface area contributed by atoms with Crippen molar-refractivity contribution < 1.29 is 0 Å². The van der Waals surface area contributed by atoms with Crippen LogP contribution in [-0.2, 0) is 0 Å². The Morgan fingerprint density at radius 2 is 2.32 bits per heavy atom. The number of aromatic nitrogens is 2. The Morgan fingerprint density at radius 1 is 1.47 bits per heavy atom. The van der Waals surface area contributed by atoms with E-state index in [2.05, 4.69) is 14.7 Å². The van der Waals surface area contributed by atoms with Crippen molar-refractivity contribution in [3.05, 3.63) is 10.4 Å². The summed E-state index contributed by atoms with van der Waals surface area (Å²) in [7, 11) is 0. The van der Waals surface area contributed by atoms with Crippen molar-refractivity contribution in [3.63, 3.8) is 0 Å². The molecule has 2 heterocycles. The Kier molecular flexibility index (Phi) is 3.70. The lowest BCUT2D eigenvalue weighted by molar-refractivity contribution is 0.688. The highest BCUT2D eigenvalue weighted by molar-refractivity contribution is 7.11. The zero-order valence-electron chi connectivity index (χ0n) is 11.0. The smallest absolute Gasteiger partial charge is 0.148 e. The number of aryl methyl sites for hydroxylation is 1. The predicted molar refractivity (Wildman–Crippen MR) is 82.8 cm³/mol. The number of nitrogen functional groups attached to an aromatic ring is 1. The summed E-state index contributed by atoms with van der Waals surface area (Å²) in [5.41, 5.74) is 7.88. The number of hydrogen-bond donors (Lipinski definition) is 2. The lowest BCUT2D eigenvalue weighted by Gasteiger charge is -2.05. The van der Waals surface area contributed by atoms with Crippen LogP contribution >= 0.6 is 22.9 Å². The number of hydrogen-bond acceptors (Lipinski definition) is 6. The van der Waals surface area contributed by atoms with Crippen molar-refractivity contribution in [3.8, 4) is 11.3 Å². The van der Waals surface area contributed by atoms with Crippen molar-refractivity contribution in [1.82, 2.24) is 9.36 Å². The van der Waals surface area contributed by atoms with Crippen LogP contribution in [0.1, 0.15) is 30.7 Å². The second-order valence-corrected chi connectivity index (χ2v) is 6.87. The first-order valence-electron chi connectivity index (χ1n) is 6.65. The van der Waals surface area contributed by atoms with Gasteiger partial charge < -0.3 is 11.1 Å². The molecular formula is C13H18N4S2. The number of nitrogens with two attached hydrogens (primary N) is 1. The van der Waals surface area contributed by atoms with Crippen LogP contribution in [0.3, 0.4) is 0 Å². The van der Waals surface area contributed by atoms with E-state index in [0.717, 1.165) is 33.7 Å². The summed E-state index contributed by atoms with van der Waals surface area (Å²) in [5.74, 6) is 1.58. The molecule has 0 atom stereocenters. The van der Waals surface area contributed by atoms with Gasteiger partial charge >= 0.3 is 0 Å². The molecule has 1 aliphatic carbocycles. The first kappa shape index (κ1) is 12.9. The minimum absolute atomic E-state index is 0.583. The molecule has 4 nitrogen and oxygen atoms in total. The summed E-state index contributed by atoms with van der Waals surface area (Å²) in [4.78, 5) is 4.51. The lowest BCUT2D eigenvalue weighted by atomic mass is 10.2. The highest BCUT2D eigenvalue weighted by atomic mass is 32.1. The van der Waals surface area contributed by atoms with E-state index in [1.165, 1.54) is 37.2 Å². The summed E-state index contributed by atoms with van der Waals surface area (Å²) >= 11 is 3.08. The Balaban J connectivity index is 1.67. The molecular weight excluding hydrogens is 276 g/mol. The van der Waals surface area contributed by atoms with E-state index in [9.17, 15) is 0 Å². The monoisotopic (exact) mass is 294 g/mol.